The zero-order valence-corrected chi connectivity index (χ0v) is 24.6. The molecule has 0 fully saturated rings. The van der Waals surface area contributed by atoms with Crippen LogP contribution in [0.3, 0.4) is 0 Å². The third-order valence-corrected chi connectivity index (χ3v) is 9.02. The molecule has 0 amide bonds. The van der Waals surface area contributed by atoms with E-state index in [9.17, 15) is 0 Å². The maximum atomic E-state index is 2.53. The Morgan fingerprint density at radius 3 is 2.21 bits per heavy atom. The van der Waals surface area contributed by atoms with Gasteiger partial charge in [-0.3, -0.25) is 0 Å². The highest BCUT2D eigenvalue weighted by Gasteiger charge is 2.38. The van der Waals surface area contributed by atoms with E-state index in [1.807, 2.05) is 0 Å². The predicted molar refractivity (Wildman–Crippen MR) is 165 cm³/mol. The Balaban J connectivity index is 1.32. The van der Waals surface area contributed by atoms with E-state index in [4.69, 9.17) is 0 Å². The number of benzene rings is 3. The van der Waals surface area contributed by atoms with Crippen LogP contribution in [0.4, 0.5) is 0 Å². The van der Waals surface area contributed by atoms with Crippen LogP contribution in [-0.4, -0.2) is 4.57 Å². The summed E-state index contributed by atoms with van der Waals surface area (Å²) in [5, 5.41) is 2.71. The Morgan fingerprint density at radius 2 is 1.47 bits per heavy atom. The van der Waals surface area contributed by atoms with E-state index < -0.39 is 0 Å². The van der Waals surface area contributed by atoms with E-state index in [0.717, 1.165) is 12.8 Å². The van der Waals surface area contributed by atoms with Crippen molar-refractivity contribution in [1.29, 1.82) is 0 Å². The third kappa shape index (κ3) is 4.06. The maximum Gasteiger partial charge on any atom is 0.0499 e. The van der Waals surface area contributed by atoms with Gasteiger partial charge in [0.2, 0.25) is 0 Å². The van der Waals surface area contributed by atoms with E-state index in [1.54, 1.807) is 5.57 Å². The molecule has 0 saturated heterocycles. The van der Waals surface area contributed by atoms with Crippen LogP contribution in [0, 0.1) is 11.3 Å². The molecular formula is C37H43N. The molecule has 6 rings (SSSR count). The van der Waals surface area contributed by atoms with Crippen molar-refractivity contribution in [2.75, 3.05) is 0 Å². The van der Waals surface area contributed by atoms with Gasteiger partial charge in [0.05, 0.1) is 0 Å². The van der Waals surface area contributed by atoms with Crippen LogP contribution in [0.2, 0.25) is 0 Å². The SMILES string of the molecule is CC1C=CC2=C(C1)C(C)(C)c1ccc(CC(C)(C)Cc3ccc4c5ccccc5n(C(C)(C)C)c4c3)cc12. The molecule has 2 aliphatic rings. The zero-order chi connectivity index (χ0) is 27.0. The van der Waals surface area contributed by atoms with E-state index in [0.29, 0.717) is 5.92 Å². The third-order valence-electron chi connectivity index (χ3n) is 9.02. The van der Waals surface area contributed by atoms with Gasteiger partial charge in [-0.25, -0.2) is 0 Å². The van der Waals surface area contributed by atoms with Gasteiger partial charge >= 0.3 is 0 Å². The molecule has 3 aromatic carbocycles. The van der Waals surface area contributed by atoms with Gasteiger partial charge in [-0.1, -0.05) is 101 Å². The molecule has 1 heteroatoms. The summed E-state index contributed by atoms with van der Waals surface area (Å²) in [4.78, 5) is 0. The van der Waals surface area contributed by atoms with Gasteiger partial charge in [0.25, 0.3) is 0 Å². The van der Waals surface area contributed by atoms with E-state index in [1.165, 1.54) is 56.1 Å². The largest absolute Gasteiger partial charge is 0.335 e. The van der Waals surface area contributed by atoms with Crippen molar-refractivity contribution in [3.05, 3.63) is 101 Å². The van der Waals surface area contributed by atoms with Crippen molar-refractivity contribution in [2.24, 2.45) is 11.3 Å². The topological polar surface area (TPSA) is 4.93 Å². The minimum atomic E-state index is 0.0204. The fourth-order valence-electron chi connectivity index (χ4n) is 7.35. The van der Waals surface area contributed by atoms with Crippen molar-refractivity contribution < 1.29 is 0 Å². The van der Waals surface area contributed by atoms with E-state index in [2.05, 4.69) is 133 Å². The molecule has 1 nitrogen and oxygen atoms in total. The molecule has 0 aliphatic heterocycles. The normalized spacial score (nSPS) is 18.9. The molecule has 0 N–H and O–H groups in total. The van der Waals surface area contributed by atoms with Crippen LogP contribution in [0.5, 0.6) is 0 Å². The van der Waals surface area contributed by atoms with Crippen LogP contribution in [0.25, 0.3) is 27.4 Å². The highest BCUT2D eigenvalue weighted by atomic mass is 15.0. The Labute approximate surface area is 229 Å². The first-order chi connectivity index (χ1) is 17.8. The average Bonchev–Trinajstić information content (AvgIpc) is 3.27. The Morgan fingerprint density at radius 1 is 0.816 bits per heavy atom. The number of hydrogen-bond acceptors (Lipinski definition) is 0. The molecule has 0 saturated carbocycles. The lowest BCUT2D eigenvalue weighted by Crippen LogP contribution is -2.21. The smallest absolute Gasteiger partial charge is 0.0499 e. The predicted octanol–water partition coefficient (Wildman–Crippen LogP) is 10.0. The number of para-hydroxylation sites is 1. The van der Waals surface area contributed by atoms with Gasteiger partial charge in [0, 0.05) is 32.8 Å². The first-order valence-corrected chi connectivity index (χ1v) is 14.4. The molecule has 2 aliphatic carbocycles. The Kier molecular flexibility index (Phi) is 5.62. The van der Waals surface area contributed by atoms with Gasteiger partial charge in [-0.2, -0.15) is 0 Å². The number of hydrogen-bond donors (Lipinski definition) is 0. The Bertz CT molecular complexity index is 1630. The lowest BCUT2D eigenvalue weighted by atomic mass is 9.76. The van der Waals surface area contributed by atoms with E-state index >= 15 is 0 Å². The summed E-state index contributed by atoms with van der Waals surface area (Å²) in [6.45, 7) is 19.0. The molecule has 0 radical (unpaired) electrons. The molecule has 1 aromatic heterocycles. The molecular weight excluding hydrogens is 458 g/mol. The molecule has 0 spiro atoms. The zero-order valence-electron chi connectivity index (χ0n) is 24.6. The average molecular weight is 502 g/mol. The molecule has 4 aromatic rings. The molecule has 1 heterocycles. The maximum absolute atomic E-state index is 2.53. The lowest BCUT2D eigenvalue weighted by molar-refractivity contribution is 0.361. The Hall–Kier alpha value is -3.06. The van der Waals surface area contributed by atoms with Gasteiger partial charge in [0.1, 0.15) is 0 Å². The van der Waals surface area contributed by atoms with Crippen molar-refractivity contribution in [1.82, 2.24) is 4.57 Å². The highest BCUT2D eigenvalue weighted by molar-refractivity contribution is 6.08. The van der Waals surface area contributed by atoms with Gasteiger partial charge in [-0.15, -0.1) is 0 Å². The number of rotatable bonds is 4. The number of aromatic nitrogens is 1. The van der Waals surface area contributed by atoms with Crippen molar-refractivity contribution in [3.63, 3.8) is 0 Å². The number of fused-ring (bicyclic) bond motifs is 5. The number of nitrogens with zero attached hydrogens (tertiary/aromatic N) is 1. The summed E-state index contributed by atoms with van der Waals surface area (Å²) in [7, 11) is 0. The second kappa shape index (κ2) is 8.47. The molecule has 38 heavy (non-hydrogen) atoms. The highest BCUT2D eigenvalue weighted by Crippen LogP contribution is 2.51. The molecule has 0 bridgehead atoms. The van der Waals surface area contributed by atoms with Crippen molar-refractivity contribution >= 4 is 27.4 Å². The molecule has 196 valence electrons. The summed E-state index contributed by atoms with van der Waals surface area (Å²) in [5.41, 5.74) is 12.0. The van der Waals surface area contributed by atoms with Crippen molar-refractivity contribution in [3.8, 4) is 0 Å². The lowest BCUT2D eigenvalue weighted by Gasteiger charge is -2.28. The fraction of sp³-hybridized carbons (Fsp3) is 0.405. The van der Waals surface area contributed by atoms with Crippen LogP contribution in [-0.2, 0) is 23.8 Å². The van der Waals surface area contributed by atoms with E-state index in [-0.39, 0.29) is 16.4 Å². The van der Waals surface area contributed by atoms with Crippen LogP contribution in [0.15, 0.2) is 78.4 Å². The molecule has 1 atom stereocenters. The minimum Gasteiger partial charge on any atom is -0.335 e. The first-order valence-electron chi connectivity index (χ1n) is 14.4. The summed E-state index contributed by atoms with van der Waals surface area (Å²) in [5.74, 6) is 0.634. The van der Waals surface area contributed by atoms with Gasteiger partial charge in [-0.05, 0) is 91.3 Å². The summed E-state index contributed by atoms with van der Waals surface area (Å²) < 4.78 is 2.53. The second-order valence-corrected chi connectivity index (χ2v) is 14.3. The number of allylic oxidation sites excluding steroid dienone is 4. The summed E-state index contributed by atoms with van der Waals surface area (Å²) >= 11 is 0. The van der Waals surface area contributed by atoms with Crippen LogP contribution < -0.4 is 0 Å². The molecule has 1 unspecified atom stereocenters. The van der Waals surface area contributed by atoms with Gasteiger partial charge in [0.15, 0.2) is 0 Å². The standard InChI is InChI=1S/C37H43N/c1-24-13-16-27-30-20-25(15-18-31(30)37(7,8)32(27)19-24)22-36(5,6)23-26-14-17-29-28-11-9-10-12-33(28)38(34(29)21-26)35(2,3)4/h9-18,20-21,24H,19,22-23H2,1-8H3. The minimum absolute atomic E-state index is 0.0204. The second-order valence-electron chi connectivity index (χ2n) is 14.3. The van der Waals surface area contributed by atoms with Crippen molar-refractivity contribution in [2.45, 2.75) is 85.6 Å². The van der Waals surface area contributed by atoms with Crippen LogP contribution >= 0.6 is 0 Å². The summed E-state index contributed by atoms with van der Waals surface area (Å²) in [6, 6.07) is 23.3. The quantitative estimate of drug-likeness (QED) is 0.262. The fourth-order valence-corrected chi connectivity index (χ4v) is 7.35. The summed E-state index contributed by atoms with van der Waals surface area (Å²) in [6.07, 6.45) is 8.11. The first kappa shape index (κ1) is 25.2. The van der Waals surface area contributed by atoms with Gasteiger partial charge < -0.3 is 4.57 Å². The van der Waals surface area contributed by atoms with Crippen LogP contribution in [0.1, 0.15) is 84.1 Å². The monoisotopic (exact) mass is 501 g/mol.